The van der Waals surface area contributed by atoms with Crippen LogP contribution in [0.4, 0.5) is 5.69 Å². The maximum absolute atomic E-state index is 12.9. The summed E-state index contributed by atoms with van der Waals surface area (Å²) < 4.78 is 27.2. The van der Waals surface area contributed by atoms with E-state index in [-0.39, 0.29) is 23.5 Å². The molecule has 0 bridgehead atoms. The first kappa shape index (κ1) is 24.9. The molecule has 3 rings (SSSR count). The Hall–Kier alpha value is -2.71. The van der Waals surface area contributed by atoms with E-state index < -0.39 is 10.0 Å². The van der Waals surface area contributed by atoms with Crippen LogP contribution in [0.3, 0.4) is 0 Å². The van der Waals surface area contributed by atoms with Gasteiger partial charge in [0.25, 0.3) is 5.91 Å². The molecule has 8 heteroatoms. The Morgan fingerprint density at radius 2 is 1.76 bits per heavy atom. The summed E-state index contributed by atoms with van der Waals surface area (Å²) in [7, 11) is -3.44. The van der Waals surface area contributed by atoms with Gasteiger partial charge in [-0.05, 0) is 43.4 Å². The largest absolute Gasteiger partial charge is 0.352 e. The third-order valence-corrected chi connectivity index (χ3v) is 7.60. The van der Waals surface area contributed by atoms with Crippen LogP contribution in [0.1, 0.15) is 48.2 Å². The summed E-state index contributed by atoms with van der Waals surface area (Å²) in [5, 5.41) is 5.75. The van der Waals surface area contributed by atoms with Crippen molar-refractivity contribution < 1.29 is 18.0 Å². The summed E-state index contributed by atoms with van der Waals surface area (Å²) in [6, 6.07) is 14.4. The minimum absolute atomic E-state index is 0.0373. The summed E-state index contributed by atoms with van der Waals surface area (Å²) in [5.41, 5.74) is 2.68. The van der Waals surface area contributed by atoms with Crippen LogP contribution in [-0.4, -0.2) is 44.2 Å². The van der Waals surface area contributed by atoms with Crippen LogP contribution in [0.2, 0.25) is 0 Å². The van der Waals surface area contributed by atoms with Crippen LogP contribution in [0, 0.1) is 18.8 Å². The molecule has 0 aliphatic carbocycles. The Morgan fingerprint density at radius 1 is 1.06 bits per heavy atom. The predicted octanol–water partition coefficient (Wildman–Crippen LogP) is 3.56. The molecule has 7 nitrogen and oxygen atoms in total. The highest BCUT2D eigenvalue weighted by molar-refractivity contribution is 7.88. The zero-order valence-electron chi connectivity index (χ0n) is 19.5. The van der Waals surface area contributed by atoms with Crippen molar-refractivity contribution in [3.05, 3.63) is 65.2 Å². The van der Waals surface area contributed by atoms with Crippen LogP contribution in [-0.2, 0) is 20.6 Å². The molecule has 0 radical (unpaired) electrons. The van der Waals surface area contributed by atoms with Crippen molar-refractivity contribution in [2.75, 3.05) is 25.0 Å². The summed E-state index contributed by atoms with van der Waals surface area (Å²) in [4.78, 5) is 25.4. The third kappa shape index (κ3) is 6.88. The fourth-order valence-corrected chi connectivity index (χ4v) is 5.47. The number of carbonyl (C=O) groups excluding carboxylic acids is 2. The van der Waals surface area contributed by atoms with Crippen LogP contribution in [0.5, 0.6) is 0 Å². The fraction of sp³-hybridized carbons (Fsp3) is 0.440. The molecule has 33 heavy (non-hydrogen) atoms. The summed E-state index contributed by atoms with van der Waals surface area (Å²) in [5.74, 6) is -0.429. The van der Waals surface area contributed by atoms with Crippen LogP contribution >= 0.6 is 0 Å². The van der Waals surface area contributed by atoms with Crippen molar-refractivity contribution in [2.45, 2.75) is 39.4 Å². The van der Waals surface area contributed by atoms with E-state index in [4.69, 9.17) is 0 Å². The van der Waals surface area contributed by atoms with Crippen LogP contribution < -0.4 is 10.6 Å². The molecule has 0 unspecified atom stereocenters. The quantitative estimate of drug-likeness (QED) is 0.615. The molecule has 0 aromatic heterocycles. The highest BCUT2D eigenvalue weighted by Gasteiger charge is 2.31. The second kappa shape index (κ2) is 10.9. The van der Waals surface area contributed by atoms with Crippen LogP contribution in [0.15, 0.2) is 48.5 Å². The SMILES string of the molecule is Cc1cccc(CS(=O)(=O)N2CCC(C(=O)Nc3ccccc3C(=O)NCC(C)C)CC2)c1. The normalized spacial score (nSPS) is 15.4. The van der Waals surface area contributed by atoms with Crippen molar-refractivity contribution in [1.29, 1.82) is 0 Å². The van der Waals surface area contributed by atoms with Crippen molar-refractivity contribution in [1.82, 2.24) is 9.62 Å². The number of hydrogen-bond acceptors (Lipinski definition) is 4. The van der Waals surface area contributed by atoms with E-state index in [1.807, 2.05) is 45.0 Å². The highest BCUT2D eigenvalue weighted by atomic mass is 32.2. The average molecular weight is 472 g/mol. The van der Waals surface area contributed by atoms with Gasteiger partial charge in [0.1, 0.15) is 0 Å². The zero-order chi connectivity index (χ0) is 24.0. The molecule has 2 aromatic carbocycles. The van der Waals surface area contributed by atoms with Crippen molar-refractivity contribution >= 4 is 27.5 Å². The Labute approximate surface area is 196 Å². The topological polar surface area (TPSA) is 95.6 Å². The van der Waals surface area contributed by atoms with Crippen molar-refractivity contribution in [3.63, 3.8) is 0 Å². The molecule has 1 aliphatic rings. The number of carbonyl (C=O) groups is 2. The standard InChI is InChI=1S/C25H33N3O4S/c1-18(2)16-26-25(30)22-9-4-5-10-23(22)27-24(29)21-11-13-28(14-12-21)33(31,32)17-20-8-6-7-19(3)15-20/h4-10,15,18,21H,11-14,16-17H2,1-3H3,(H,26,30)(H,27,29). The molecule has 0 spiro atoms. The minimum atomic E-state index is -3.44. The summed E-state index contributed by atoms with van der Waals surface area (Å²) in [6.45, 7) is 7.14. The zero-order valence-corrected chi connectivity index (χ0v) is 20.3. The molecule has 2 aromatic rings. The van der Waals surface area contributed by atoms with E-state index in [0.29, 0.717) is 49.6 Å². The Bertz CT molecular complexity index is 1090. The molecule has 1 saturated heterocycles. The molecule has 0 atom stereocenters. The lowest BCUT2D eigenvalue weighted by molar-refractivity contribution is -0.120. The van der Waals surface area contributed by atoms with Gasteiger partial charge in [0.05, 0.1) is 17.0 Å². The molecule has 1 fully saturated rings. The van der Waals surface area contributed by atoms with Gasteiger partial charge in [-0.25, -0.2) is 12.7 Å². The number of nitrogens with zero attached hydrogens (tertiary/aromatic N) is 1. The van der Waals surface area contributed by atoms with Gasteiger partial charge in [-0.1, -0.05) is 55.8 Å². The van der Waals surface area contributed by atoms with E-state index in [9.17, 15) is 18.0 Å². The fourth-order valence-electron chi connectivity index (χ4n) is 3.92. The third-order valence-electron chi connectivity index (χ3n) is 5.75. The number of benzene rings is 2. The second-order valence-corrected chi connectivity index (χ2v) is 11.0. The Balaban J connectivity index is 1.58. The number of aryl methyl sites for hydroxylation is 1. The monoisotopic (exact) mass is 471 g/mol. The first-order valence-corrected chi connectivity index (χ1v) is 13.0. The van der Waals surface area contributed by atoms with Gasteiger partial charge in [-0.3, -0.25) is 9.59 Å². The van der Waals surface area contributed by atoms with Crippen molar-refractivity contribution in [2.24, 2.45) is 11.8 Å². The summed E-state index contributed by atoms with van der Waals surface area (Å²) >= 11 is 0. The lowest BCUT2D eigenvalue weighted by Gasteiger charge is -2.30. The smallest absolute Gasteiger partial charge is 0.253 e. The van der Waals surface area contributed by atoms with E-state index in [2.05, 4.69) is 10.6 Å². The minimum Gasteiger partial charge on any atom is -0.352 e. The first-order valence-electron chi connectivity index (χ1n) is 11.4. The lowest BCUT2D eigenvalue weighted by Crippen LogP contribution is -2.42. The number of hydrogen-bond donors (Lipinski definition) is 2. The van der Waals surface area contributed by atoms with E-state index in [1.54, 1.807) is 24.3 Å². The number of anilines is 1. The number of amides is 2. The number of sulfonamides is 1. The first-order chi connectivity index (χ1) is 15.7. The van der Waals surface area contributed by atoms with Gasteiger partial charge >= 0.3 is 0 Å². The van der Waals surface area contributed by atoms with Crippen LogP contribution in [0.25, 0.3) is 0 Å². The number of nitrogens with one attached hydrogen (secondary N) is 2. The van der Waals surface area contributed by atoms with E-state index in [1.165, 1.54) is 4.31 Å². The van der Waals surface area contributed by atoms with E-state index >= 15 is 0 Å². The number of piperidine rings is 1. The number of para-hydroxylation sites is 1. The van der Waals surface area contributed by atoms with Gasteiger partial charge in [0, 0.05) is 25.6 Å². The number of rotatable bonds is 8. The Kier molecular flexibility index (Phi) is 8.26. The maximum Gasteiger partial charge on any atom is 0.253 e. The average Bonchev–Trinajstić information content (AvgIpc) is 2.77. The second-order valence-electron chi connectivity index (χ2n) is 9.06. The molecular formula is C25H33N3O4S. The molecule has 0 saturated carbocycles. The highest BCUT2D eigenvalue weighted by Crippen LogP contribution is 2.24. The van der Waals surface area contributed by atoms with Gasteiger partial charge < -0.3 is 10.6 Å². The predicted molar refractivity (Wildman–Crippen MR) is 130 cm³/mol. The van der Waals surface area contributed by atoms with Crippen molar-refractivity contribution in [3.8, 4) is 0 Å². The summed E-state index contributed by atoms with van der Waals surface area (Å²) in [6.07, 6.45) is 0.890. The molecule has 2 N–H and O–H groups in total. The lowest BCUT2D eigenvalue weighted by atomic mass is 9.97. The molecular weight excluding hydrogens is 438 g/mol. The molecule has 1 aliphatic heterocycles. The van der Waals surface area contributed by atoms with Gasteiger partial charge in [-0.15, -0.1) is 0 Å². The van der Waals surface area contributed by atoms with Gasteiger partial charge in [-0.2, -0.15) is 0 Å². The van der Waals surface area contributed by atoms with Gasteiger partial charge in [0.2, 0.25) is 15.9 Å². The van der Waals surface area contributed by atoms with E-state index in [0.717, 1.165) is 11.1 Å². The molecule has 178 valence electrons. The Morgan fingerprint density at radius 3 is 2.42 bits per heavy atom. The molecule has 2 amide bonds. The maximum atomic E-state index is 12.9. The molecule has 1 heterocycles. The van der Waals surface area contributed by atoms with Gasteiger partial charge in [0.15, 0.2) is 0 Å².